The lowest BCUT2D eigenvalue weighted by atomic mass is 9.90. The molecule has 0 spiro atoms. The van der Waals surface area contributed by atoms with Gasteiger partial charge in [0.25, 0.3) is 0 Å². The molecule has 132 valence electrons. The van der Waals surface area contributed by atoms with Gasteiger partial charge in [-0.25, -0.2) is 0 Å². The van der Waals surface area contributed by atoms with E-state index in [1.807, 2.05) is 0 Å². The molecule has 7 heteroatoms. The number of carbonyl (C=O) groups excluding carboxylic acids is 1. The Morgan fingerprint density at radius 2 is 2.08 bits per heavy atom. The summed E-state index contributed by atoms with van der Waals surface area (Å²) < 4.78 is 8.09. The van der Waals surface area contributed by atoms with Crippen molar-refractivity contribution in [3.8, 4) is 0 Å². The van der Waals surface area contributed by atoms with Crippen LogP contribution in [0.1, 0.15) is 44.3 Å². The van der Waals surface area contributed by atoms with Crippen LogP contribution in [0.15, 0.2) is 0 Å². The third-order valence-electron chi connectivity index (χ3n) is 5.64. The second-order valence-corrected chi connectivity index (χ2v) is 7.10. The first kappa shape index (κ1) is 16.0. The maximum atomic E-state index is 12.9. The first-order chi connectivity index (χ1) is 11.8. The Labute approximate surface area is 143 Å². The average Bonchev–Trinajstić information content (AvgIpc) is 3.03. The highest BCUT2D eigenvalue weighted by Crippen LogP contribution is 2.28. The number of hydrogen-bond donors (Lipinski definition) is 0. The van der Waals surface area contributed by atoms with Crippen molar-refractivity contribution >= 4 is 5.91 Å². The van der Waals surface area contributed by atoms with Gasteiger partial charge in [-0.15, -0.1) is 10.2 Å². The van der Waals surface area contributed by atoms with Crippen molar-refractivity contribution in [1.82, 2.24) is 24.6 Å². The number of amides is 1. The summed E-state index contributed by atoms with van der Waals surface area (Å²) in [5, 5.41) is 8.54. The fourth-order valence-electron chi connectivity index (χ4n) is 4.35. The first-order valence-corrected chi connectivity index (χ1v) is 9.30. The molecule has 0 radical (unpaired) electrons. The van der Waals surface area contributed by atoms with Crippen molar-refractivity contribution in [3.05, 3.63) is 11.6 Å². The largest absolute Gasteiger partial charge is 0.374 e. The maximum absolute atomic E-state index is 12.9. The molecular weight excluding hydrogens is 306 g/mol. The van der Waals surface area contributed by atoms with Crippen molar-refractivity contribution in [2.45, 2.75) is 64.3 Å². The summed E-state index contributed by atoms with van der Waals surface area (Å²) >= 11 is 0. The van der Waals surface area contributed by atoms with Crippen LogP contribution in [0.2, 0.25) is 0 Å². The minimum atomic E-state index is 0.249. The van der Waals surface area contributed by atoms with Gasteiger partial charge in [-0.2, -0.15) is 0 Å². The molecule has 24 heavy (non-hydrogen) atoms. The van der Waals surface area contributed by atoms with E-state index in [0.717, 1.165) is 57.1 Å². The van der Waals surface area contributed by atoms with Crippen LogP contribution in [0.5, 0.6) is 0 Å². The van der Waals surface area contributed by atoms with Crippen LogP contribution in [0.4, 0.5) is 0 Å². The molecule has 3 aliphatic rings. The third-order valence-corrected chi connectivity index (χ3v) is 5.64. The average molecular weight is 333 g/mol. The van der Waals surface area contributed by atoms with E-state index in [9.17, 15) is 4.79 Å². The van der Waals surface area contributed by atoms with Crippen LogP contribution in [-0.2, 0) is 29.0 Å². The number of nitrogens with zero attached hydrogens (tertiary/aromatic N) is 5. The van der Waals surface area contributed by atoms with Crippen molar-refractivity contribution < 1.29 is 9.53 Å². The molecular formula is C17H27N5O2. The lowest BCUT2D eigenvalue weighted by molar-refractivity contribution is -0.151. The van der Waals surface area contributed by atoms with Crippen molar-refractivity contribution in [3.63, 3.8) is 0 Å². The van der Waals surface area contributed by atoms with Crippen LogP contribution in [-0.4, -0.2) is 68.9 Å². The lowest BCUT2D eigenvalue weighted by Gasteiger charge is -2.44. The van der Waals surface area contributed by atoms with Crippen LogP contribution in [0.3, 0.4) is 0 Å². The van der Waals surface area contributed by atoms with E-state index in [0.29, 0.717) is 19.2 Å². The molecule has 0 N–H and O–H groups in total. The molecule has 3 heterocycles. The van der Waals surface area contributed by atoms with Gasteiger partial charge in [0.15, 0.2) is 0 Å². The molecule has 1 amide bonds. The van der Waals surface area contributed by atoms with E-state index in [4.69, 9.17) is 4.74 Å². The summed E-state index contributed by atoms with van der Waals surface area (Å²) in [7, 11) is 0. The molecule has 2 aliphatic heterocycles. The number of fused-ring (bicyclic) bond motifs is 2. The Morgan fingerprint density at radius 3 is 2.96 bits per heavy atom. The highest BCUT2D eigenvalue weighted by molar-refractivity contribution is 5.78. The maximum Gasteiger partial charge on any atom is 0.237 e. The van der Waals surface area contributed by atoms with E-state index < -0.39 is 0 Å². The Bertz CT molecular complexity index is 600. The molecule has 2 fully saturated rings. The molecule has 2 unspecified atom stereocenters. The minimum Gasteiger partial charge on any atom is -0.374 e. The minimum absolute atomic E-state index is 0.249. The molecule has 0 bridgehead atoms. The van der Waals surface area contributed by atoms with Gasteiger partial charge in [-0.05, 0) is 12.8 Å². The SMILES string of the molecule is CCc1nnc2n1CCN(CC(=O)N1CCOC3CCCCC31)C2. The molecule has 2 atom stereocenters. The molecule has 1 aromatic heterocycles. The van der Waals surface area contributed by atoms with E-state index in [1.165, 1.54) is 12.8 Å². The van der Waals surface area contributed by atoms with Gasteiger partial charge < -0.3 is 14.2 Å². The number of aryl methyl sites for hydroxylation is 1. The van der Waals surface area contributed by atoms with E-state index in [-0.39, 0.29) is 12.0 Å². The molecule has 1 aliphatic carbocycles. The van der Waals surface area contributed by atoms with Crippen molar-refractivity contribution in [2.24, 2.45) is 0 Å². The zero-order valence-corrected chi connectivity index (χ0v) is 14.5. The number of ether oxygens (including phenoxy) is 1. The number of carbonyl (C=O) groups is 1. The Hall–Kier alpha value is -1.47. The Morgan fingerprint density at radius 1 is 1.21 bits per heavy atom. The van der Waals surface area contributed by atoms with Crippen LogP contribution < -0.4 is 0 Å². The number of morpholine rings is 1. The van der Waals surface area contributed by atoms with Crippen LogP contribution in [0, 0.1) is 0 Å². The van der Waals surface area contributed by atoms with Gasteiger partial charge >= 0.3 is 0 Å². The zero-order chi connectivity index (χ0) is 16.5. The van der Waals surface area contributed by atoms with Crippen LogP contribution in [0.25, 0.3) is 0 Å². The highest BCUT2D eigenvalue weighted by Gasteiger charge is 2.37. The van der Waals surface area contributed by atoms with Gasteiger partial charge in [0, 0.05) is 26.1 Å². The summed E-state index contributed by atoms with van der Waals surface area (Å²) in [5.74, 6) is 2.29. The summed E-state index contributed by atoms with van der Waals surface area (Å²) in [6, 6.07) is 0.292. The van der Waals surface area contributed by atoms with E-state index >= 15 is 0 Å². The lowest BCUT2D eigenvalue weighted by Crippen LogP contribution is -2.57. The Balaban J connectivity index is 1.39. The molecule has 0 aromatic carbocycles. The van der Waals surface area contributed by atoms with Gasteiger partial charge in [0.1, 0.15) is 11.6 Å². The fraction of sp³-hybridized carbons (Fsp3) is 0.824. The molecule has 1 saturated carbocycles. The number of hydrogen-bond acceptors (Lipinski definition) is 5. The quantitative estimate of drug-likeness (QED) is 0.820. The molecule has 4 rings (SSSR count). The molecule has 1 saturated heterocycles. The summed E-state index contributed by atoms with van der Waals surface area (Å²) in [6.07, 6.45) is 5.79. The fourth-order valence-corrected chi connectivity index (χ4v) is 4.35. The van der Waals surface area contributed by atoms with E-state index in [1.54, 1.807) is 0 Å². The van der Waals surface area contributed by atoms with Gasteiger partial charge in [0.05, 0.1) is 31.8 Å². The zero-order valence-electron chi connectivity index (χ0n) is 14.5. The molecule has 1 aromatic rings. The normalized spacial score (nSPS) is 27.6. The van der Waals surface area contributed by atoms with Crippen LogP contribution >= 0.6 is 0 Å². The summed E-state index contributed by atoms with van der Waals surface area (Å²) in [5.41, 5.74) is 0. The van der Waals surface area contributed by atoms with Crippen molar-refractivity contribution in [2.75, 3.05) is 26.2 Å². The standard InChI is InChI=1S/C17H27N5O2/c1-2-15-18-19-16-11-20(7-8-22(15)16)12-17(23)21-9-10-24-14-6-4-3-5-13(14)21/h13-14H,2-12H2,1H3. The van der Waals surface area contributed by atoms with E-state index in [2.05, 4.69) is 31.5 Å². The smallest absolute Gasteiger partial charge is 0.237 e. The monoisotopic (exact) mass is 333 g/mol. The predicted octanol–water partition coefficient (Wildman–Crippen LogP) is 0.826. The van der Waals surface area contributed by atoms with Crippen molar-refractivity contribution in [1.29, 1.82) is 0 Å². The second-order valence-electron chi connectivity index (χ2n) is 7.10. The third kappa shape index (κ3) is 2.95. The number of aromatic nitrogens is 3. The predicted molar refractivity (Wildman–Crippen MR) is 88.4 cm³/mol. The molecule has 7 nitrogen and oxygen atoms in total. The number of rotatable bonds is 3. The van der Waals surface area contributed by atoms with Gasteiger partial charge in [-0.1, -0.05) is 19.8 Å². The Kier molecular flexibility index (Phi) is 4.54. The highest BCUT2D eigenvalue weighted by atomic mass is 16.5. The van der Waals surface area contributed by atoms with Gasteiger partial charge in [0.2, 0.25) is 5.91 Å². The van der Waals surface area contributed by atoms with Gasteiger partial charge in [-0.3, -0.25) is 9.69 Å². The summed E-state index contributed by atoms with van der Waals surface area (Å²) in [6.45, 7) is 6.50. The topological polar surface area (TPSA) is 63.5 Å². The summed E-state index contributed by atoms with van der Waals surface area (Å²) in [4.78, 5) is 17.2. The second kappa shape index (κ2) is 6.80. The first-order valence-electron chi connectivity index (χ1n) is 9.30.